The molecule has 0 atom stereocenters. The van der Waals surface area contributed by atoms with E-state index in [0.717, 1.165) is 59.8 Å². The topological polar surface area (TPSA) is 61.6 Å². The number of nitrogens with one attached hydrogen (secondary N) is 1. The minimum Gasteiger partial charge on any atom is -0.441 e. The Morgan fingerprint density at radius 1 is 1.10 bits per heavy atom. The van der Waals surface area contributed by atoms with Gasteiger partial charge in [0.25, 0.3) is 5.91 Å². The third-order valence-corrected chi connectivity index (χ3v) is 5.33. The second-order valence-electron chi connectivity index (χ2n) is 7.30. The van der Waals surface area contributed by atoms with Gasteiger partial charge in [-0.25, -0.2) is 4.98 Å². The van der Waals surface area contributed by atoms with Crippen molar-refractivity contribution >= 4 is 22.6 Å². The van der Waals surface area contributed by atoms with Gasteiger partial charge in [0.1, 0.15) is 5.52 Å². The second-order valence-corrected chi connectivity index (χ2v) is 7.30. The molecule has 6 nitrogen and oxygen atoms in total. The van der Waals surface area contributed by atoms with Crippen LogP contribution in [0.4, 0.5) is 0 Å². The summed E-state index contributed by atoms with van der Waals surface area (Å²) in [7, 11) is 0. The number of allylic oxidation sites excluding steroid dienone is 6. The van der Waals surface area contributed by atoms with E-state index in [1.165, 1.54) is 0 Å². The zero-order valence-corrected chi connectivity index (χ0v) is 16.3. The Hall–Kier alpha value is -3.38. The molecule has 5 rings (SSSR count). The van der Waals surface area contributed by atoms with Gasteiger partial charge in [0.2, 0.25) is 0 Å². The first-order valence-electron chi connectivity index (χ1n) is 9.84. The number of fused-ring (bicyclic) bond motifs is 2. The zero-order chi connectivity index (χ0) is 19.8. The van der Waals surface area contributed by atoms with Crippen molar-refractivity contribution in [2.45, 2.75) is 6.92 Å². The number of carbonyl (C=O) groups excluding carboxylic acids is 1. The van der Waals surface area contributed by atoms with E-state index in [4.69, 9.17) is 4.42 Å². The number of aromatic nitrogens is 1. The smallest absolute Gasteiger partial charge is 0.255 e. The molecule has 2 aromatic rings. The number of benzene rings is 1. The lowest BCUT2D eigenvalue weighted by Crippen LogP contribution is -2.43. The molecule has 3 aliphatic rings. The van der Waals surface area contributed by atoms with Crippen LogP contribution in [0.5, 0.6) is 0 Å². The molecule has 0 bridgehead atoms. The van der Waals surface area contributed by atoms with Gasteiger partial charge in [0, 0.05) is 51.1 Å². The number of aryl methyl sites for hydroxylation is 1. The van der Waals surface area contributed by atoms with Crippen molar-refractivity contribution in [1.29, 1.82) is 0 Å². The highest BCUT2D eigenvalue weighted by Crippen LogP contribution is 2.27. The summed E-state index contributed by atoms with van der Waals surface area (Å²) in [4.78, 5) is 21.5. The molecule has 1 saturated heterocycles. The van der Waals surface area contributed by atoms with Crippen LogP contribution in [0, 0.1) is 6.92 Å². The molecule has 29 heavy (non-hydrogen) atoms. The molecule has 1 aromatic carbocycles. The molecular formula is C23H22N4O2. The first-order chi connectivity index (χ1) is 14.2. The number of rotatable bonds is 2. The van der Waals surface area contributed by atoms with Gasteiger partial charge in [0.15, 0.2) is 11.5 Å². The summed E-state index contributed by atoms with van der Waals surface area (Å²) in [6.07, 6.45) is 13.6. The molecule has 3 aliphatic heterocycles. The average Bonchev–Trinajstić information content (AvgIpc) is 3.11. The number of hydrogen-bond acceptors (Lipinski definition) is 5. The van der Waals surface area contributed by atoms with E-state index in [9.17, 15) is 4.79 Å². The molecule has 6 heteroatoms. The second kappa shape index (κ2) is 7.22. The molecular weight excluding hydrogens is 364 g/mol. The highest BCUT2D eigenvalue weighted by molar-refractivity contribution is 6.00. The van der Waals surface area contributed by atoms with Gasteiger partial charge in [-0.3, -0.25) is 9.69 Å². The van der Waals surface area contributed by atoms with Crippen molar-refractivity contribution in [2.24, 2.45) is 0 Å². The number of oxazole rings is 1. The van der Waals surface area contributed by atoms with E-state index in [0.29, 0.717) is 5.89 Å². The molecule has 0 spiro atoms. The van der Waals surface area contributed by atoms with Crippen LogP contribution in [0.25, 0.3) is 16.7 Å². The summed E-state index contributed by atoms with van der Waals surface area (Å²) >= 11 is 0. The molecule has 0 unspecified atom stereocenters. The van der Waals surface area contributed by atoms with Crippen LogP contribution in [0.15, 0.2) is 76.7 Å². The lowest BCUT2D eigenvalue weighted by atomic mass is 10.0. The normalized spacial score (nSPS) is 21.3. The number of nitrogens with zero attached hydrogens (tertiary/aromatic N) is 3. The summed E-state index contributed by atoms with van der Waals surface area (Å²) in [5, 5.41) is 3.36. The predicted octanol–water partition coefficient (Wildman–Crippen LogP) is 3.12. The van der Waals surface area contributed by atoms with E-state index < -0.39 is 0 Å². The molecule has 0 radical (unpaired) electrons. The van der Waals surface area contributed by atoms with Crippen molar-refractivity contribution in [1.82, 2.24) is 20.1 Å². The SMILES string of the molecule is Cc1nc2cc(C3=CC(=O)N4C=C(N5CCNCC5)C=C/C4=C\C=C3)ccc2o1. The van der Waals surface area contributed by atoms with E-state index in [2.05, 4.69) is 21.3 Å². The fourth-order valence-electron chi connectivity index (χ4n) is 3.84. The molecule has 1 aromatic heterocycles. The lowest BCUT2D eigenvalue weighted by molar-refractivity contribution is -0.122. The van der Waals surface area contributed by atoms with Gasteiger partial charge in [-0.05, 0) is 41.5 Å². The fraction of sp³-hybridized carbons (Fsp3) is 0.217. The Bertz CT molecular complexity index is 1130. The first kappa shape index (κ1) is 17.7. The molecule has 1 fully saturated rings. The third-order valence-electron chi connectivity index (χ3n) is 5.33. The minimum absolute atomic E-state index is 0.0657. The maximum atomic E-state index is 13.1. The molecule has 0 saturated carbocycles. The van der Waals surface area contributed by atoms with Crippen molar-refractivity contribution in [2.75, 3.05) is 26.2 Å². The van der Waals surface area contributed by atoms with Gasteiger partial charge >= 0.3 is 0 Å². The Morgan fingerprint density at radius 2 is 1.93 bits per heavy atom. The third kappa shape index (κ3) is 3.43. The number of piperazine rings is 1. The van der Waals surface area contributed by atoms with Crippen LogP contribution in [0.3, 0.4) is 0 Å². The monoisotopic (exact) mass is 386 g/mol. The van der Waals surface area contributed by atoms with Crippen molar-refractivity contribution in [3.63, 3.8) is 0 Å². The van der Waals surface area contributed by atoms with Gasteiger partial charge in [-0.15, -0.1) is 0 Å². The van der Waals surface area contributed by atoms with Crippen LogP contribution in [-0.4, -0.2) is 46.9 Å². The largest absolute Gasteiger partial charge is 0.441 e. The molecule has 0 aliphatic carbocycles. The van der Waals surface area contributed by atoms with Crippen molar-refractivity contribution < 1.29 is 9.21 Å². The Kier molecular flexibility index (Phi) is 4.41. The van der Waals surface area contributed by atoms with Gasteiger partial charge in [0.05, 0.1) is 5.70 Å². The summed E-state index contributed by atoms with van der Waals surface area (Å²) < 4.78 is 5.56. The minimum atomic E-state index is -0.0657. The Morgan fingerprint density at radius 3 is 2.79 bits per heavy atom. The summed E-state index contributed by atoms with van der Waals surface area (Å²) in [6, 6.07) is 5.82. The van der Waals surface area contributed by atoms with Crippen LogP contribution in [-0.2, 0) is 4.79 Å². The van der Waals surface area contributed by atoms with E-state index >= 15 is 0 Å². The number of hydrogen-bond donors (Lipinski definition) is 1. The molecule has 1 amide bonds. The van der Waals surface area contributed by atoms with E-state index in [1.54, 1.807) is 11.0 Å². The number of carbonyl (C=O) groups is 1. The molecule has 146 valence electrons. The van der Waals surface area contributed by atoms with Gasteiger partial charge in [-0.1, -0.05) is 18.2 Å². The Balaban J connectivity index is 1.48. The molecule has 1 N–H and O–H groups in total. The standard InChI is InChI=1S/C23H22N4O2/c1-16-25-21-13-18(5-8-22(21)29-16)17-3-2-4-19-6-7-20(15-27(19)23(28)14-17)26-11-9-24-10-12-26/h2-8,13-15,24H,9-12H2,1H3/b3-2?,17-14?,19-4+. The lowest BCUT2D eigenvalue weighted by Gasteiger charge is -2.33. The quantitative estimate of drug-likeness (QED) is 0.859. The van der Waals surface area contributed by atoms with Crippen LogP contribution >= 0.6 is 0 Å². The fourth-order valence-corrected chi connectivity index (χ4v) is 3.84. The van der Waals surface area contributed by atoms with E-state index in [1.807, 2.05) is 55.6 Å². The highest BCUT2D eigenvalue weighted by Gasteiger charge is 2.21. The molecule has 4 heterocycles. The van der Waals surface area contributed by atoms with Crippen molar-refractivity contribution in [3.05, 3.63) is 83.7 Å². The van der Waals surface area contributed by atoms with Crippen LogP contribution in [0.2, 0.25) is 0 Å². The van der Waals surface area contributed by atoms with Gasteiger partial charge in [-0.2, -0.15) is 0 Å². The maximum absolute atomic E-state index is 13.1. The van der Waals surface area contributed by atoms with Crippen molar-refractivity contribution in [3.8, 4) is 0 Å². The van der Waals surface area contributed by atoms with Gasteiger partial charge < -0.3 is 14.6 Å². The van der Waals surface area contributed by atoms with E-state index in [-0.39, 0.29) is 5.91 Å². The van der Waals surface area contributed by atoms with Crippen LogP contribution in [0.1, 0.15) is 11.5 Å². The number of amides is 1. The average molecular weight is 386 g/mol. The predicted molar refractivity (Wildman–Crippen MR) is 112 cm³/mol. The van der Waals surface area contributed by atoms with Crippen LogP contribution < -0.4 is 5.32 Å². The Labute approximate surface area is 169 Å². The first-order valence-corrected chi connectivity index (χ1v) is 9.84. The summed E-state index contributed by atoms with van der Waals surface area (Å²) in [6.45, 7) is 5.62. The highest BCUT2D eigenvalue weighted by atomic mass is 16.3. The maximum Gasteiger partial charge on any atom is 0.255 e. The zero-order valence-electron chi connectivity index (χ0n) is 16.3. The summed E-state index contributed by atoms with van der Waals surface area (Å²) in [5.74, 6) is 0.567. The summed E-state index contributed by atoms with van der Waals surface area (Å²) in [5.41, 5.74) is 5.26.